The van der Waals surface area contributed by atoms with Crippen LogP contribution in [-0.2, 0) is 0 Å². The Labute approximate surface area is 156 Å². The van der Waals surface area contributed by atoms with E-state index in [0.717, 1.165) is 46.0 Å². The summed E-state index contributed by atoms with van der Waals surface area (Å²) in [6.45, 7) is 4.69. The lowest BCUT2D eigenvalue weighted by atomic mass is 9.76. The zero-order valence-electron chi connectivity index (χ0n) is 15.2. The average Bonchev–Trinajstić information content (AvgIpc) is 3.28. The molecule has 0 amide bonds. The quantitative estimate of drug-likeness (QED) is 0.538. The molecule has 24 heavy (non-hydrogen) atoms. The first kappa shape index (κ1) is 16.4. The first-order valence-electron chi connectivity index (χ1n) is 10.4. The number of fused-ring (bicyclic) bond motifs is 4. The first-order valence-corrected chi connectivity index (χ1v) is 12.2. The molecule has 0 spiro atoms. The number of hydrogen-bond acceptors (Lipinski definition) is 2. The van der Waals surface area contributed by atoms with Crippen LogP contribution >= 0.6 is 23.5 Å². The number of allylic oxidation sites excluding steroid dienone is 4. The Balaban J connectivity index is 1.27. The van der Waals surface area contributed by atoms with Crippen molar-refractivity contribution in [3.05, 3.63) is 22.0 Å². The van der Waals surface area contributed by atoms with Crippen molar-refractivity contribution in [1.82, 2.24) is 0 Å². The standard InChI is InChI=1S/C22H32S2/c1-13-11-19-20-12-14(2)24-22(20)18(21(19)23-13)10-9-16-8-7-15-5-3-4-6-17(15)16/h11-12,15-22H,3-10H2,1-2H3/t15?,16?,17?,18?,19-,20?,21?,22?/m0/s1. The predicted molar refractivity (Wildman–Crippen MR) is 108 cm³/mol. The molecule has 0 bridgehead atoms. The van der Waals surface area contributed by atoms with Gasteiger partial charge in [0.1, 0.15) is 0 Å². The van der Waals surface area contributed by atoms with Gasteiger partial charge >= 0.3 is 0 Å². The zero-order chi connectivity index (χ0) is 16.3. The Kier molecular flexibility index (Phi) is 4.37. The van der Waals surface area contributed by atoms with Crippen molar-refractivity contribution in [1.29, 1.82) is 0 Å². The molecule has 5 rings (SSSR count). The van der Waals surface area contributed by atoms with Crippen molar-refractivity contribution in [3.63, 3.8) is 0 Å². The summed E-state index contributed by atoms with van der Waals surface area (Å²) in [6, 6.07) is 0. The van der Waals surface area contributed by atoms with E-state index in [4.69, 9.17) is 0 Å². The molecule has 7 unspecified atom stereocenters. The lowest BCUT2D eigenvalue weighted by Crippen LogP contribution is -2.23. The molecule has 0 nitrogen and oxygen atoms in total. The summed E-state index contributed by atoms with van der Waals surface area (Å²) < 4.78 is 0. The molecule has 3 saturated carbocycles. The first-order chi connectivity index (χ1) is 11.7. The highest BCUT2D eigenvalue weighted by molar-refractivity contribution is 8.05. The van der Waals surface area contributed by atoms with Crippen LogP contribution in [0.5, 0.6) is 0 Å². The Morgan fingerprint density at radius 2 is 1.50 bits per heavy atom. The van der Waals surface area contributed by atoms with Gasteiger partial charge in [0.15, 0.2) is 0 Å². The highest BCUT2D eigenvalue weighted by Gasteiger charge is 2.53. The average molecular weight is 361 g/mol. The van der Waals surface area contributed by atoms with Gasteiger partial charge in [0.25, 0.3) is 0 Å². The van der Waals surface area contributed by atoms with Crippen molar-refractivity contribution in [2.24, 2.45) is 35.5 Å². The summed E-state index contributed by atoms with van der Waals surface area (Å²) in [4.78, 5) is 3.20. The van der Waals surface area contributed by atoms with Crippen molar-refractivity contribution in [2.75, 3.05) is 0 Å². The molecule has 0 saturated heterocycles. The van der Waals surface area contributed by atoms with Gasteiger partial charge in [-0.25, -0.2) is 0 Å². The summed E-state index contributed by atoms with van der Waals surface area (Å²) in [5.41, 5.74) is 0. The van der Waals surface area contributed by atoms with Crippen LogP contribution in [0.1, 0.15) is 65.2 Å². The minimum atomic E-state index is 0.848. The largest absolute Gasteiger partial charge is 0.127 e. The third-order valence-electron chi connectivity index (χ3n) is 7.90. The third kappa shape index (κ3) is 2.66. The van der Waals surface area contributed by atoms with Crippen molar-refractivity contribution >= 4 is 23.5 Å². The van der Waals surface area contributed by atoms with Gasteiger partial charge in [-0.2, -0.15) is 0 Å². The molecule has 5 aliphatic rings. The van der Waals surface area contributed by atoms with Gasteiger partial charge in [-0.1, -0.05) is 31.4 Å². The van der Waals surface area contributed by atoms with Gasteiger partial charge in [-0.15, -0.1) is 23.5 Å². The van der Waals surface area contributed by atoms with E-state index in [1.165, 1.54) is 25.7 Å². The molecule has 0 radical (unpaired) electrons. The SMILES string of the molecule is CC1=CC2C(S1)C(CCC1CCC3CCCCC31)C1SC(C)=C[C@@H]21. The molecular formula is C22H32S2. The molecule has 132 valence electrons. The highest BCUT2D eigenvalue weighted by Crippen LogP contribution is 2.61. The van der Waals surface area contributed by atoms with Crippen LogP contribution in [-0.4, -0.2) is 10.5 Å². The molecule has 8 atom stereocenters. The van der Waals surface area contributed by atoms with Gasteiger partial charge in [0, 0.05) is 10.5 Å². The van der Waals surface area contributed by atoms with Crippen LogP contribution in [0.2, 0.25) is 0 Å². The molecule has 0 aromatic rings. The summed E-state index contributed by atoms with van der Waals surface area (Å²) in [6.07, 6.45) is 17.6. The molecule has 0 aromatic heterocycles. The maximum atomic E-state index is 2.62. The molecular weight excluding hydrogens is 328 g/mol. The molecule has 0 aromatic carbocycles. The van der Waals surface area contributed by atoms with Crippen LogP contribution in [0.25, 0.3) is 0 Å². The van der Waals surface area contributed by atoms with E-state index in [2.05, 4.69) is 49.5 Å². The topological polar surface area (TPSA) is 0 Å². The molecule has 2 heterocycles. The van der Waals surface area contributed by atoms with Crippen molar-refractivity contribution < 1.29 is 0 Å². The summed E-state index contributed by atoms with van der Waals surface area (Å²) in [5, 5.41) is 1.81. The van der Waals surface area contributed by atoms with Crippen molar-refractivity contribution in [3.8, 4) is 0 Å². The lowest BCUT2D eigenvalue weighted by molar-refractivity contribution is 0.213. The smallest absolute Gasteiger partial charge is 0.0199 e. The Morgan fingerprint density at radius 1 is 0.833 bits per heavy atom. The second-order valence-corrected chi connectivity index (χ2v) is 12.0. The highest BCUT2D eigenvalue weighted by atomic mass is 32.2. The van der Waals surface area contributed by atoms with E-state index in [1.54, 1.807) is 35.5 Å². The maximum absolute atomic E-state index is 2.62. The van der Waals surface area contributed by atoms with Gasteiger partial charge in [-0.3, -0.25) is 0 Å². The molecule has 2 aliphatic heterocycles. The van der Waals surface area contributed by atoms with Gasteiger partial charge in [0.05, 0.1) is 0 Å². The van der Waals surface area contributed by atoms with Crippen LogP contribution in [0.4, 0.5) is 0 Å². The van der Waals surface area contributed by atoms with Gasteiger partial charge < -0.3 is 0 Å². The van der Waals surface area contributed by atoms with E-state index in [9.17, 15) is 0 Å². The minimum absolute atomic E-state index is 0.848. The summed E-state index contributed by atoms with van der Waals surface area (Å²) in [5.74, 6) is 5.96. The van der Waals surface area contributed by atoms with Crippen LogP contribution in [0.3, 0.4) is 0 Å². The summed E-state index contributed by atoms with van der Waals surface area (Å²) >= 11 is 4.45. The monoisotopic (exact) mass is 360 g/mol. The van der Waals surface area contributed by atoms with Gasteiger partial charge in [0.2, 0.25) is 0 Å². The fourth-order valence-electron chi connectivity index (χ4n) is 6.94. The third-order valence-corrected chi connectivity index (χ3v) is 10.8. The van der Waals surface area contributed by atoms with E-state index >= 15 is 0 Å². The fourth-order valence-corrected chi connectivity index (χ4v) is 10.2. The van der Waals surface area contributed by atoms with E-state index in [0.29, 0.717) is 0 Å². The van der Waals surface area contributed by atoms with Crippen molar-refractivity contribution in [2.45, 2.75) is 75.7 Å². The lowest BCUT2D eigenvalue weighted by Gasteiger charge is -2.31. The van der Waals surface area contributed by atoms with E-state index < -0.39 is 0 Å². The number of rotatable bonds is 3. The second-order valence-electron chi connectivity index (χ2n) is 9.16. The maximum Gasteiger partial charge on any atom is 0.0199 e. The van der Waals surface area contributed by atoms with Crippen LogP contribution in [0.15, 0.2) is 22.0 Å². The number of hydrogen-bond donors (Lipinski definition) is 0. The number of thioether (sulfide) groups is 2. The zero-order valence-corrected chi connectivity index (χ0v) is 16.9. The fraction of sp³-hybridized carbons (Fsp3) is 0.818. The second kappa shape index (κ2) is 6.41. The van der Waals surface area contributed by atoms with Crippen LogP contribution < -0.4 is 0 Å². The minimum Gasteiger partial charge on any atom is -0.127 e. The summed E-state index contributed by atoms with van der Waals surface area (Å²) in [7, 11) is 0. The van der Waals surface area contributed by atoms with Gasteiger partial charge in [-0.05, 0) is 91.3 Å². The Hall–Kier alpha value is 0.180. The molecule has 3 fully saturated rings. The predicted octanol–water partition coefficient (Wildman–Crippen LogP) is 6.88. The van der Waals surface area contributed by atoms with E-state index in [-0.39, 0.29) is 0 Å². The molecule has 0 N–H and O–H groups in total. The molecule has 3 aliphatic carbocycles. The Morgan fingerprint density at radius 3 is 2.21 bits per heavy atom. The van der Waals surface area contributed by atoms with Crippen LogP contribution in [0, 0.1) is 35.5 Å². The normalized spacial score (nSPS) is 49.6. The Bertz CT molecular complexity index is 530. The molecule has 2 heteroatoms. The van der Waals surface area contributed by atoms with E-state index in [1.807, 2.05) is 0 Å².